The van der Waals surface area contributed by atoms with Gasteiger partial charge in [0.25, 0.3) is 5.91 Å². The summed E-state index contributed by atoms with van der Waals surface area (Å²) in [7, 11) is 0. The molecule has 5 nitrogen and oxygen atoms in total. The van der Waals surface area contributed by atoms with E-state index in [-0.39, 0.29) is 5.91 Å². The van der Waals surface area contributed by atoms with E-state index in [1.54, 1.807) is 12.3 Å². The molecule has 2 heterocycles. The van der Waals surface area contributed by atoms with Crippen molar-refractivity contribution in [2.24, 2.45) is 0 Å². The van der Waals surface area contributed by atoms with Crippen LogP contribution in [0.2, 0.25) is 5.02 Å². The van der Waals surface area contributed by atoms with Crippen LogP contribution in [-0.2, 0) is 6.54 Å². The van der Waals surface area contributed by atoms with Gasteiger partial charge in [0, 0.05) is 24.3 Å². The molecule has 0 fully saturated rings. The molecule has 0 unspecified atom stereocenters. The minimum atomic E-state index is -0.229. The Labute approximate surface area is 126 Å². The van der Waals surface area contributed by atoms with Gasteiger partial charge in [-0.05, 0) is 12.5 Å². The topological polar surface area (TPSA) is 66.9 Å². The zero-order valence-corrected chi connectivity index (χ0v) is 12.6. The molecule has 0 saturated carbocycles. The second kappa shape index (κ2) is 7.21. The maximum Gasteiger partial charge on any atom is 0.253 e. The molecule has 106 valence electrons. The van der Waals surface area contributed by atoms with E-state index in [1.807, 2.05) is 5.38 Å². The molecule has 0 aromatic carbocycles. The number of nitrogens with one attached hydrogen (secondary N) is 2. The van der Waals surface area contributed by atoms with Gasteiger partial charge in [0.15, 0.2) is 0 Å². The summed E-state index contributed by atoms with van der Waals surface area (Å²) in [6.45, 7) is 3.26. The molecule has 2 rings (SSSR count). The van der Waals surface area contributed by atoms with E-state index in [0.29, 0.717) is 22.9 Å². The molecule has 2 aromatic rings. The van der Waals surface area contributed by atoms with Crippen LogP contribution in [0, 0.1) is 0 Å². The Morgan fingerprint density at radius 1 is 1.45 bits per heavy atom. The van der Waals surface area contributed by atoms with Crippen molar-refractivity contribution in [2.75, 3.05) is 11.9 Å². The molecule has 0 radical (unpaired) electrons. The lowest BCUT2D eigenvalue weighted by atomic mass is 10.2. The molecule has 0 aliphatic carbocycles. The van der Waals surface area contributed by atoms with E-state index in [9.17, 15) is 4.79 Å². The molecule has 2 aromatic heterocycles. The van der Waals surface area contributed by atoms with Crippen LogP contribution in [0.4, 0.5) is 5.82 Å². The summed E-state index contributed by atoms with van der Waals surface area (Å²) in [6, 6.07) is 1.66. The smallest absolute Gasteiger partial charge is 0.253 e. The highest BCUT2D eigenvalue weighted by Gasteiger charge is 2.12. The number of nitrogens with zero attached hydrogens (tertiary/aromatic N) is 2. The minimum absolute atomic E-state index is 0.229. The van der Waals surface area contributed by atoms with Crippen LogP contribution in [0.3, 0.4) is 0 Å². The Balaban J connectivity index is 2.04. The van der Waals surface area contributed by atoms with Crippen molar-refractivity contribution in [1.29, 1.82) is 0 Å². The normalized spacial score (nSPS) is 10.3. The minimum Gasteiger partial charge on any atom is -0.370 e. The van der Waals surface area contributed by atoms with Gasteiger partial charge in [0.05, 0.1) is 17.1 Å². The summed E-state index contributed by atoms with van der Waals surface area (Å²) in [4.78, 5) is 20.4. The molecule has 1 amide bonds. The Morgan fingerprint density at radius 3 is 3.00 bits per heavy atom. The predicted octanol–water partition coefficient (Wildman–Crippen LogP) is 2.94. The SMILES string of the molecule is CCCNc1cc(C(=O)NCc2nccs2)c(Cl)cn1. The Morgan fingerprint density at radius 2 is 2.30 bits per heavy atom. The van der Waals surface area contributed by atoms with Crippen LogP contribution < -0.4 is 10.6 Å². The molecule has 0 atom stereocenters. The Hall–Kier alpha value is -1.66. The van der Waals surface area contributed by atoms with Crippen molar-refractivity contribution in [1.82, 2.24) is 15.3 Å². The number of aromatic nitrogens is 2. The number of halogens is 1. The molecular weight excluding hydrogens is 296 g/mol. The lowest BCUT2D eigenvalue weighted by Crippen LogP contribution is -2.23. The number of carbonyl (C=O) groups is 1. The number of pyridine rings is 1. The van der Waals surface area contributed by atoms with Gasteiger partial charge in [-0.25, -0.2) is 9.97 Å². The van der Waals surface area contributed by atoms with Gasteiger partial charge in [-0.2, -0.15) is 0 Å². The zero-order chi connectivity index (χ0) is 14.4. The monoisotopic (exact) mass is 310 g/mol. The molecule has 0 aliphatic rings. The maximum absolute atomic E-state index is 12.1. The van der Waals surface area contributed by atoms with Gasteiger partial charge in [-0.3, -0.25) is 4.79 Å². The van der Waals surface area contributed by atoms with Gasteiger partial charge in [0.1, 0.15) is 10.8 Å². The summed E-state index contributed by atoms with van der Waals surface area (Å²) < 4.78 is 0. The van der Waals surface area contributed by atoms with E-state index in [1.165, 1.54) is 17.5 Å². The number of amides is 1. The number of anilines is 1. The zero-order valence-electron chi connectivity index (χ0n) is 11.0. The first-order chi connectivity index (χ1) is 9.70. The standard InChI is InChI=1S/C13H15ClN4OS/c1-2-3-15-11-6-9(10(14)7-17-11)13(19)18-8-12-16-4-5-20-12/h4-7H,2-3,8H2,1H3,(H,15,17)(H,18,19). The van der Waals surface area contributed by atoms with E-state index < -0.39 is 0 Å². The highest BCUT2D eigenvalue weighted by atomic mass is 35.5. The number of rotatable bonds is 6. The third-order valence-electron chi connectivity index (χ3n) is 2.54. The van der Waals surface area contributed by atoms with Crippen LogP contribution >= 0.6 is 22.9 Å². The number of carbonyl (C=O) groups excluding carboxylic acids is 1. The van der Waals surface area contributed by atoms with Crippen molar-refractivity contribution < 1.29 is 4.79 Å². The molecule has 0 aliphatic heterocycles. The lowest BCUT2D eigenvalue weighted by molar-refractivity contribution is 0.0951. The van der Waals surface area contributed by atoms with Crippen molar-refractivity contribution in [3.63, 3.8) is 0 Å². The van der Waals surface area contributed by atoms with Crippen LogP contribution in [0.1, 0.15) is 28.7 Å². The third-order valence-corrected chi connectivity index (χ3v) is 3.62. The van der Waals surface area contributed by atoms with Crippen molar-refractivity contribution in [3.05, 3.63) is 39.4 Å². The molecule has 0 bridgehead atoms. The van der Waals surface area contributed by atoms with Gasteiger partial charge in [0.2, 0.25) is 0 Å². The average molecular weight is 311 g/mol. The fourth-order valence-electron chi connectivity index (χ4n) is 1.55. The van der Waals surface area contributed by atoms with E-state index in [4.69, 9.17) is 11.6 Å². The summed E-state index contributed by atoms with van der Waals surface area (Å²) in [5.41, 5.74) is 0.414. The van der Waals surface area contributed by atoms with Crippen LogP contribution in [-0.4, -0.2) is 22.4 Å². The number of hydrogen-bond acceptors (Lipinski definition) is 5. The highest BCUT2D eigenvalue weighted by Crippen LogP contribution is 2.18. The second-order valence-corrected chi connectivity index (χ2v) is 5.47. The van der Waals surface area contributed by atoms with Crippen molar-refractivity contribution >= 4 is 34.7 Å². The van der Waals surface area contributed by atoms with E-state index in [0.717, 1.165) is 18.0 Å². The Bertz CT molecular complexity index is 574. The number of hydrogen-bond donors (Lipinski definition) is 2. The summed E-state index contributed by atoms with van der Waals surface area (Å²) >= 11 is 7.52. The van der Waals surface area contributed by atoms with Gasteiger partial charge >= 0.3 is 0 Å². The fraction of sp³-hybridized carbons (Fsp3) is 0.308. The summed E-state index contributed by atoms with van der Waals surface area (Å²) in [5.74, 6) is 0.419. The Kier molecular flexibility index (Phi) is 5.31. The van der Waals surface area contributed by atoms with Gasteiger partial charge in [-0.1, -0.05) is 18.5 Å². The highest BCUT2D eigenvalue weighted by molar-refractivity contribution is 7.09. The van der Waals surface area contributed by atoms with E-state index in [2.05, 4.69) is 27.5 Å². The quantitative estimate of drug-likeness (QED) is 0.861. The first-order valence-corrected chi connectivity index (χ1v) is 7.52. The molecule has 2 N–H and O–H groups in total. The summed E-state index contributed by atoms with van der Waals surface area (Å²) in [5, 5.41) is 8.98. The largest absolute Gasteiger partial charge is 0.370 e. The van der Waals surface area contributed by atoms with Crippen LogP contribution in [0.15, 0.2) is 23.8 Å². The van der Waals surface area contributed by atoms with Crippen LogP contribution in [0.25, 0.3) is 0 Å². The first kappa shape index (κ1) is 14.7. The van der Waals surface area contributed by atoms with E-state index >= 15 is 0 Å². The van der Waals surface area contributed by atoms with Gasteiger partial charge in [-0.15, -0.1) is 11.3 Å². The van der Waals surface area contributed by atoms with Gasteiger partial charge < -0.3 is 10.6 Å². The second-order valence-electron chi connectivity index (χ2n) is 4.08. The molecule has 20 heavy (non-hydrogen) atoms. The van der Waals surface area contributed by atoms with Crippen molar-refractivity contribution in [3.8, 4) is 0 Å². The molecule has 0 spiro atoms. The molecule has 0 saturated heterocycles. The lowest BCUT2D eigenvalue weighted by Gasteiger charge is -2.08. The fourth-order valence-corrected chi connectivity index (χ4v) is 2.30. The molecule has 7 heteroatoms. The number of thiazole rings is 1. The first-order valence-electron chi connectivity index (χ1n) is 6.26. The van der Waals surface area contributed by atoms with Crippen molar-refractivity contribution in [2.45, 2.75) is 19.9 Å². The molecular formula is C13H15ClN4OS. The third kappa shape index (κ3) is 3.91. The maximum atomic E-state index is 12.1. The van der Waals surface area contributed by atoms with Crippen LogP contribution in [0.5, 0.6) is 0 Å². The predicted molar refractivity (Wildman–Crippen MR) is 81.3 cm³/mol. The average Bonchev–Trinajstić information content (AvgIpc) is 2.97. The summed E-state index contributed by atoms with van der Waals surface area (Å²) in [6.07, 6.45) is 4.17.